The minimum atomic E-state index is -4.58. The van der Waals surface area contributed by atoms with Crippen LogP contribution in [-0.4, -0.2) is 25.4 Å². The number of aryl methyl sites for hydroxylation is 3. The molecule has 0 atom stereocenters. The van der Waals surface area contributed by atoms with E-state index in [0.29, 0.717) is 18.2 Å². The zero-order valence-corrected chi connectivity index (χ0v) is 21.2. The van der Waals surface area contributed by atoms with Crippen molar-refractivity contribution < 1.29 is 13.2 Å². The molecule has 0 unspecified atom stereocenters. The number of alkyl halides is 3. The van der Waals surface area contributed by atoms with Gasteiger partial charge in [-0.05, 0) is 50.4 Å². The van der Waals surface area contributed by atoms with Crippen molar-refractivity contribution in [2.75, 3.05) is 6.54 Å². The number of hydrogen-bond donors (Lipinski definition) is 0. The Kier molecular flexibility index (Phi) is 7.29. The molecule has 2 aromatic heterocycles. The highest BCUT2D eigenvalue weighted by atomic mass is 35.5. The molecule has 4 nitrogen and oxygen atoms in total. The van der Waals surface area contributed by atoms with Crippen LogP contribution in [0.4, 0.5) is 13.2 Å². The third-order valence-corrected chi connectivity index (χ3v) is 6.49. The van der Waals surface area contributed by atoms with Gasteiger partial charge in [-0.15, -0.1) is 0 Å². The fraction of sp³-hybridized carbons (Fsp3) is 0.370. The molecule has 0 fully saturated rings. The van der Waals surface area contributed by atoms with Crippen molar-refractivity contribution in [2.45, 2.75) is 59.8 Å². The number of benzene rings is 2. The molecule has 0 saturated carbocycles. The predicted octanol–water partition coefficient (Wildman–Crippen LogP) is 7.52. The van der Waals surface area contributed by atoms with Crippen LogP contribution in [0.5, 0.6) is 0 Å². The van der Waals surface area contributed by atoms with Gasteiger partial charge in [0, 0.05) is 19.3 Å². The minimum absolute atomic E-state index is 0.0996. The molecule has 8 heteroatoms. The van der Waals surface area contributed by atoms with Crippen molar-refractivity contribution in [3.63, 3.8) is 0 Å². The highest BCUT2D eigenvalue weighted by molar-refractivity contribution is 6.30. The van der Waals surface area contributed by atoms with Gasteiger partial charge >= 0.3 is 6.18 Å². The van der Waals surface area contributed by atoms with Crippen LogP contribution in [0.1, 0.15) is 53.4 Å². The Bertz CT molecular complexity index is 1300. The van der Waals surface area contributed by atoms with Crippen LogP contribution in [0.15, 0.2) is 48.7 Å². The van der Waals surface area contributed by atoms with Gasteiger partial charge in [0.2, 0.25) is 5.78 Å². The lowest BCUT2D eigenvalue weighted by Crippen LogP contribution is -2.26. The van der Waals surface area contributed by atoms with Gasteiger partial charge in [-0.2, -0.15) is 13.2 Å². The predicted molar refractivity (Wildman–Crippen MR) is 134 cm³/mol. The summed E-state index contributed by atoms with van der Waals surface area (Å²) >= 11 is 6.62. The van der Waals surface area contributed by atoms with Crippen LogP contribution in [-0.2, 0) is 19.3 Å². The Labute approximate surface area is 209 Å². The quantitative estimate of drug-likeness (QED) is 0.249. The molecule has 2 aromatic carbocycles. The Hall–Kier alpha value is -2.77. The smallest absolute Gasteiger partial charge is 0.293 e. The Balaban J connectivity index is 1.85. The third kappa shape index (κ3) is 5.26. The second kappa shape index (κ2) is 10.1. The molecule has 0 aliphatic heterocycles. The topological polar surface area (TPSA) is 25.5 Å². The van der Waals surface area contributed by atoms with Gasteiger partial charge in [0.1, 0.15) is 5.15 Å². The van der Waals surface area contributed by atoms with Gasteiger partial charge in [0.15, 0.2) is 5.69 Å². The molecule has 0 aliphatic carbocycles. The zero-order chi connectivity index (χ0) is 25.3. The number of hydrogen-bond acceptors (Lipinski definition) is 2. The van der Waals surface area contributed by atoms with Gasteiger partial charge in [-0.25, -0.2) is 4.98 Å². The van der Waals surface area contributed by atoms with Crippen LogP contribution < -0.4 is 0 Å². The third-order valence-electron chi connectivity index (χ3n) is 6.22. The van der Waals surface area contributed by atoms with E-state index in [1.54, 1.807) is 10.8 Å². The summed E-state index contributed by atoms with van der Waals surface area (Å²) in [7, 11) is 0. The van der Waals surface area contributed by atoms with E-state index in [-0.39, 0.29) is 18.0 Å². The lowest BCUT2D eigenvalue weighted by atomic mass is 10.1. The maximum absolute atomic E-state index is 14.2. The fourth-order valence-corrected chi connectivity index (χ4v) is 5.02. The van der Waals surface area contributed by atoms with Gasteiger partial charge in [-0.3, -0.25) is 13.9 Å². The zero-order valence-electron chi connectivity index (χ0n) is 20.5. The molecule has 2 heterocycles. The first-order valence-corrected chi connectivity index (χ1v) is 12.2. The number of imidazole rings is 2. The second-order valence-electron chi connectivity index (χ2n) is 9.16. The molecule has 186 valence electrons. The Morgan fingerprint density at radius 1 is 1.00 bits per heavy atom. The van der Waals surface area contributed by atoms with Crippen molar-refractivity contribution in [1.29, 1.82) is 0 Å². The van der Waals surface area contributed by atoms with E-state index in [1.807, 2.05) is 68.1 Å². The Morgan fingerprint density at radius 3 is 2.26 bits per heavy atom. The summed E-state index contributed by atoms with van der Waals surface area (Å²) in [6.07, 6.45) is -1.19. The lowest BCUT2D eigenvalue weighted by molar-refractivity contribution is -0.141. The second-order valence-corrected chi connectivity index (χ2v) is 9.55. The lowest BCUT2D eigenvalue weighted by Gasteiger charge is -2.23. The van der Waals surface area contributed by atoms with E-state index in [1.165, 1.54) is 4.40 Å². The van der Waals surface area contributed by atoms with Crippen molar-refractivity contribution in [3.8, 4) is 5.69 Å². The van der Waals surface area contributed by atoms with Crippen molar-refractivity contribution in [2.24, 2.45) is 0 Å². The largest absolute Gasteiger partial charge is 0.435 e. The van der Waals surface area contributed by atoms with E-state index in [2.05, 4.69) is 11.9 Å². The summed E-state index contributed by atoms with van der Waals surface area (Å²) < 4.78 is 45.7. The van der Waals surface area contributed by atoms with Crippen molar-refractivity contribution in [3.05, 3.63) is 87.5 Å². The first-order chi connectivity index (χ1) is 16.6. The molecule has 0 spiro atoms. The highest BCUT2D eigenvalue weighted by Crippen LogP contribution is 2.36. The number of halogens is 4. The number of fused-ring (bicyclic) bond motifs is 1. The van der Waals surface area contributed by atoms with E-state index in [0.717, 1.165) is 40.8 Å². The summed E-state index contributed by atoms with van der Waals surface area (Å²) in [6.45, 7) is 9.27. The molecule has 0 N–H and O–H groups in total. The van der Waals surface area contributed by atoms with Gasteiger partial charge < -0.3 is 0 Å². The maximum Gasteiger partial charge on any atom is 0.435 e. The van der Waals surface area contributed by atoms with Gasteiger partial charge in [0.25, 0.3) is 0 Å². The molecule has 4 rings (SSSR count). The average molecular weight is 503 g/mol. The van der Waals surface area contributed by atoms with E-state index in [4.69, 9.17) is 11.6 Å². The van der Waals surface area contributed by atoms with Crippen LogP contribution in [0.2, 0.25) is 5.15 Å². The summed E-state index contributed by atoms with van der Waals surface area (Å²) in [6, 6.07) is 13.8. The van der Waals surface area contributed by atoms with E-state index < -0.39 is 11.9 Å². The van der Waals surface area contributed by atoms with Crippen molar-refractivity contribution >= 4 is 17.4 Å². The summed E-state index contributed by atoms with van der Waals surface area (Å²) in [5.41, 5.74) is 3.98. The number of aromatic nitrogens is 3. The van der Waals surface area contributed by atoms with Gasteiger partial charge in [-0.1, -0.05) is 73.0 Å². The van der Waals surface area contributed by atoms with E-state index >= 15 is 0 Å². The minimum Gasteiger partial charge on any atom is -0.293 e. The molecule has 0 amide bonds. The average Bonchev–Trinajstić information content (AvgIpc) is 3.28. The molecule has 0 bridgehead atoms. The molecule has 0 radical (unpaired) electrons. The molecule has 35 heavy (non-hydrogen) atoms. The summed E-state index contributed by atoms with van der Waals surface area (Å²) in [5, 5.41) is 0.320. The monoisotopic (exact) mass is 502 g/mol. The normalized spacial score (nSPS) is 12.3. The Morgan fingerprint density at radius 2 is 1.66 bits per heavy atom. The van der Waals surface area contributed by atoms with Crippen LogP contribution >= 0.6 is 11.6 Å². The summed E-state index contributed by atoms with van der Waals surface area (Å²) in [5.74, 6) is 0.169. The van der Waals surface area contributed by atoms with Gasteiger partial charge in [0.05, 0.1) is 11.4 Å². The van der Waals surface area contributed by atoms with Crippen molar-refractivity contribution in [1.82, 2.24) is 18.9 Å². The first kappa shape index (κ1) is 25.3. The molecular weight excluding hydrogens is 473 g/mol. The number of rotatable bonds is 8. The molecule has 4 aromatic rings. The van der Waals surface area contributed by atoms with E-state index in [9.17, 15) is 13.2 Å². The fourth-order valence-electron chi connectivity index (χ4n) is 4.77. The number of nitrogens with zero attached hydrogens (tertiary/aromatic N) is 4. The standard InChI is InChI=1S/C27H30ClF3N4/c1-5-6-12-33(15-21-10-8-7-9-11-21)16-22-25(27(29,30)31)32-26-34(22)17-23(28)35(26)24-19(3)13-18(2)14-20(24)4/h7-11,13-14,17H,5-6,12,15-16H2,1-4H3. The van der Waals surface area contributed by atoms with Crippen LogP contribution in [0.25, 0.3) is 11.5 Å². The first-order valence-electron chi connectivity index (χ1n) is 11.8. The number of unbranched alkanes of at least 4 members (excludes halogenated alkanes) is 1. The highest BCUT2D eigenvalue weighted by Gasteiger charge is 2.39. The summed E-state index contributed by atoms with van der Waals surface area (Å²) in [4.78, 5) is 6.16. The van der Waals surface area contributed by atoms with Crippen LogP contribution in [0, 0.1) is 20.8 Å². The SMILES string of the molecule is CCCCN(Cc1ccccc1)Cc1c(C(F)(F)F)nc2n(-c3c(C)cc(C)cc3C)c(Cl)cn12. The van der Waals surface area contributed by atoms with Crippen LogP contribution in [0.3, 0.4) is 0 Å². The maximum atomic E-state index is 14.2. The molecule has 0 aliphatic rings. The molecule has 0 saturated heterocycles. The molecular formula is C27H30ClF3N4.